The van der Waals surface area contributed by atoms with E-state index in [0.717, 1.165) is 0 Å². The van der Waals surface area contributed by atoms with Crippen molar-refractivity contribution in [3.63, 3.8) is 0 Å². The summed E-state index contributed by atoms with van der Waals surface area (Å²) < 4.78 is 25.5. The second kappa shape index (κ2) is 4.81. The highest BCUT2D eigenvalue weighted by Crippen LogP contribution is 2.12. The van der Waals surface area contributed by atoms with Gasteiger partial charge in [-0.15, -0.1) is 0 Å². The summed E-state index contributed by atoms with van der Waals surface area (Å²) in [7, 11) is -3.70. The lowest BCUT2D eigenvalue weighted by molar-refractivity contribution is 0.592. The highest BCUT2D eigenvalue weighted by molar-refractivity contribution is 7.93. The number of hydrogen-bond acceptors (Lipinski definition) is 5. The number of sulfonamides is 1. The van der Waals surface area contributed by atoms with E-state index < -0.39 is 15.3 Å². The molecule has 1 atom stereocenters. The first-order chi connectivity index (χ1) is 7.49. The molecular formula is C9H12N4O2S. The molecule has 3 N–H and O–H groups in total. The lowest BCUT2D eigenvalue weighted by atomic mass is 10.4. The van der Waals surface area contributed by atoms with Gasteiger partial charge in [-0.2, -0.15) is 5.26 Å². The van der Waals surface area contributed by atoms with Gasteiger partial charge in [0.05, 0.1) is 18.0 Å². The summed E-state index contributed by atoms with van der Waals surface area (Å²) in [6.07, 6.45) is 1.56. The zero-order valence-corrected chi connectivity index (χ0v) is 9.53. The number of nitrogens with one attached hydrogen (secondary N) is 1. The summed E-state index contributed by atoms with van der Waals surface area (Å²) >= 11 is 0. The number of rotatable bonds is 4. The van der Waals surface area contributed by atoms with Crippen molar-refractivity contribution in [3.8, 4) is 6.07 Å². The largest absolute Gasteiger partial charge is 0.397 e. The predicted molar refractivity (Wildman–Crippen MR) is 60.9 cm³/mol. The van der Waals surface area contributed by atoms with Gasteiger partial charge in [0.1, 0.15) is 5.82 Å². The van der Waals surface area contributed by atoms with Crippen LogP contribution in [-0.2, 0) is 10.0 Å². The second-order valence-corrected chi connectivity index (χ2v) is 5.01. The number of nitrogens with two attached hydrogens (primary N) is 1. The SMILES string of the molecule is CCC(C#N)S(=O)(=O)Nc1ccc(N)cn1. The molecule has 6 nitrogen and oxygen atoms in total. The van der Waals surface area contributed by atoms with Crippen molar-refractivity contribution in [2.75, 3.05) is 10.5 Å². The molecule has 0 spiro atoms. The Morgan fingerprint density at radius 2 is 2.31 bits per heavy atom. The fourth-order valence-corrected chi connectivity index (χ4v) is 2.19. The van der Waals surface area contributed by atoms with E-state index in [0.29, 0.717) is 5.69 Å². The maximum atomic E-state index is 11.6. The van der Waals surface area contributed by atoms with Gasteiger partial charge in [0.25, 0.3) is 0 Å². The average Bonchev–Trinajstić information content (AvgIpc) is 2.22. The third-order valence-electron chi connectivity index (χ3n) is 1.92. The molecule has 0 bridgehead atoms. The Kier molecular flexibility index (Phi) is 3.68. The average molecular weight is 240 g/mol. The maximum Gasteiger partial charge on any atom is 0.250 e. The van der Waals surface area contributed by atoms with E-state index in [1.54, 1.807) is 13.0 Å². The minimum Gasteiger partial charge on any atom is -0.397 e. The molecule has 0 aromatic carbocycles. The van der Waals surface area contributed by atoms with Crippen molar-refractivity contribution in [2.24, 2.45) is 0 Å². The van der Waals surface area contributed by atoms with Gasteiger partial charge in [0.2, 0.25) is 10.0 Å². The summed E-state index contributed by atoms with van der Waals surface area (Å²) in [6, 6.07) is 4.69. The molecule has 0 aliphatic carbocycles. The molecule has 1 heterocycles. The first-order valence-corrected chi connectivity index (χ1v) is 6.17. The molecule has 0 fully saturated rings. The van der Waals surface area contributed by atoms with Crippen LogP contribution in [0.5, 0.6) is 0 Å². The molecular weight excluding hydrogens is 228 g/mol. The number of nitriles is 1. The van der Waals surface area contributed by atoms with Crippen LogP contribution >= 0.6 is 0 Å². The molecule has 0 saturated heterocycles. The van der Waals surface area contributed by atoms with Crippen molar-refractivity contribution in [1.29, 1.82) is 5.26 Å². The standard InChI is InChI=1S/C9H12N4O2S/c1-2-8(5-10)16(14,15)13-9-4-3-7(11)6-12-9/h3-4,6,8H,2,11H2,1H3,(H,12,13). The van der Waals surface area contributed by atoms with Gasteiger partial charge in [-0.3, -0.25) is 4.72 Å². The Morgan fingerprint density at radius 3 is 2.75 bits per heavy atom. The summed E-state index contributed by atoms with van der Waals surface area (Å²) in [4.78, 5) is 3.79. The third kappa shape index (κ3) is 2.84. The smallest absolute Gasteiger partial charge is 0.250 e. The fourth-order valence-electron chi connectivity index (χ4n) is 1.06. The number of nitrogens with zero attached hydrogens (tertiary/aromatic N) is 2. The minimum atomic E-state index is -3.70. The summed E-state index contributed by atoms with van der Waals surface area (Å²) in [5.41, 5.74) is 5.85. The fraction of sp³-hybridized carbons (Fsp3) is 0.333. The van der Waals surface area contributed by atoms with E-state index in [1.807, 2.05) is 0 Å². The molecule has 0 radical (unpaired) electrons. The van der Waals surface area contributed by atoms with E-state index >= 15 is 0 Å². The van der Waals surface area contributed by atoms with Crippen LogP contribution in [0.15, 0.2) is 18.3 Å². The van der Waals surface area contributed by atoms with Crippen LogP contribution in [0.4, 0.5) is 11.5 Å². The van der Waals surface area contributed by atoms with Gasteiger partial charge < -0.3 is 5.73 Å². The van der Waals surface area contributed by atoms with Crippen LogP contribution in [0.1, 0.15) is 13.3 Å². The van der Waals surface area contributed by atoms with E-state index in [9.17, 15) is 8.42 Å². The normalized spacial score (nSPS) is 12.8. The first kappa shape index (κ1) is 12.3. The molecule has 7 heteroatoms. The third-order valence-corrected chi connectivity index (χ3v) is 3.60. The maximum absolute atomic E-state index is 11.6. The van der Waals surface area contributed by atoms with Crippen LogP contribution in [0.25, 0.3) is 0 Å². The van der Waals surface area contributed by atoms with Gasteiger partial charge in [-0.1, -0.05) is 6.92 Å². The molecule has 1 aromatic rings. The topological polar surface area (TPSA) is 109 Å². The quantitative estimate of drug-likeness (QED) is 0.805. The monoisotopic (exact) mass is 240 g/mol. The zero-order chi connectivity index (χ0) is 12.2. The summed E-state index contributed by atoms with van der Waals surface area (Å²) in [6.45, 7) is 1.63. The Bertz CT molecular complexity index is 489. The Labute approximate surface area is 94.2 Å². The number of anilines is 2. The molecule has 0 aliphatic rings. The van der Waals surface area contributed by atoms with Crippen molar-refractivity contribution in [1.82, 2.24) is 4.98 Å². The van der Waals surface area contributed by atoms with E-state index in [4.69, 9.17) is 11.0 Å². The summed E-state index contributed by atoms with van der Waals surface area (Å²) in [5, 5.41) is 7.60. The molecule has 0 amide bonds. The predicted octanol–water partition coefficient (Wildman–Crippen LogP) is 0.708. The zero-order valence-electron chi connectivity index (χ0n) is 8.71. The highest BCUT2D eigenvalue weighted by atomic mass is 32.2. The molecule has 86 valence electrons. The van der Waals surface area contributed by atoms with Gasteiger partial charge in [0, 0.05) is 0 Å². The van der Waals surface area contributed by atoms with E-state index in [2.05, 4.69) is 9.71 Å². The van der Waals surface area contributed by atoms with Crippen molar-refractivity contribution in [2.45, 2.75) is 18.6 Å². The number of nitrogen functional groups attached to an aromatic ring is 1. The van der Waals surface area contributed by atoms with Crippen LogP contribution in [0, 0.1) is 11.3 Å². The Morgan fingerprint density at radius 1 is 1.62 bits per heavy atom. The number of aromatic nitrogens is 1. The first-order valence-electron chi connectivity index (χ1n) is 4.62. The molecule has 0 saturated carbocycles. The van der Waals surface area contributed by atoms with Crippen molar-refractivity contribution >= 4 is 21.5 Å². The van der Waals surface area contributed by atoms with Crippen molar-refractivity contribution < 1.29 is 8.42 Å². The molecule has 1 unspecified atom stereocenters. The van der Waals surface area contributed by atoms with E-state index in [-0.39, 0.29) is 12.2 Å². The molecule has 1 aromatic heterocycles. The van der Waals surface area contributed by atoms with Crippen LogP contribution in [-0.4, -0.2) is 18.7 Å². The molecule has 1 rings (SSSR count). The number of hydrogen-bond donors (Lipinski definition) is 2. The molecule has 16 heavy (non-hydrogen) atoms. The lowest BCUT2D eigenvalue weighted by Gasteiger charge is -2.10. The van der Waals surface area contributed by atoms with Crippen LogP contribution in [0.2, 0.25) is 0 Å². The highest BCUT2D eigenvalue weighted by Gasteiger charge is 2.23. The minimum absolute atomic E-state index is 0.155. The van der Waals surface area contributed by atoms with E-state index in [1.165, 1.54) is 18.3 Å². The van der Waals surface area contributed by atoms with Crippen LogP contribution < -0.4 is 10.5 Å². The van der Waals surface area contributed by atoms with Crippen molar-refractivity contribution in [3.05, 3.63) is 18.3 Å². The van der Waals surface area contributed by atoms with Gasteiger partial charge in [0.15, 0.2) is 5.25 Å². The second-order valence-electron chi connectivity index (χ2n) is 3.15. The van der Waals surface area contributed by atoms with Gasteiger partial charge >= 0.3 is 0 Å². The summed E-state index contributed by atoms with van der Waals surface area (Å²) in [5.74, 6) is 0.155. The Balaban J connectivity index is 2.89. The van der Waals surface area contributed by atoms with Gasteiger partial charge in [-0.25, -0.2) is 13.4 Å². The lowest BCUT2D eigenvalue weighted by Crippen LogP contribution is -2.26. The Hall–Kier alpha value is -1.81. The van der Waals surface area contributed by atoms with Gasteiger partial charge in [-0.05, 0) is 18.6 Å². The molecule has 0 aliphatic heterocycles. The number of pyridine rings is 1. The van der Waals surface area contributed by atoms with Crippen LogP contribution in [0.3, 0.4) is 0 Å².